The number of carbonyl (C=O) groups is 2. The molecule has 11 heteroatoms. The minimum absolute atomic E-state index is 0.0761. The number of phenols is 2. The summed E-state index contributed by atoms with van der Waals surface area (Å²) in [6, 6.07) is 5.51. The van der Waals surface area contributed by atoms with Gasteiger partial charge in [-0.1, -0.05) is 29.4 Å². The number of rotatable bonds is 2. The van der Waals surface area contributed by atoms with E-state index in [2.05, 4.69) is 10.0 Å². The Hall–Kier alpha value is -3.40. The Morgan fingerprint density at radius 2 is 1.48 bits per heavy atom. The van der Waals surface area contributed by atoms with Gasteiger partial charge in [-0.05, 0) is 5.53 Å². The predicted octanol–water partition coefficient (Wildman–Crippen LogP) is 2.06. The molecule has 1 aliphatic carbocycles. The Morgan fingerprint density at radius 3 is 1.96 bits per heavy atom. The van der Waals surface area contributed by atoms with Gasteiger partial charge in [-0.25, -0.2) is 0 Å². The first-order chi connectivity index (χ1) is 11.7. The van der Waals surface area contributed by atoms with Crippen molar-refractivity contribution in [2.24, 2.45) is 5.11 Å². The van der Waals surface area contributed by atoms with Gasteiger partial charge >= 0.3 is 10.1 Å². The molecule has 0 radical (unpaired) electrons. The maximum absolute atomic E-state index is 12.6. The third kappa shape index (κ3) is 2.22. The monoisotopic (exact) mass is 361 g/mol. The number of fused-ring (bicyclic) bond motifs is 2. The summed E-state index contributed by atoms with van der Waals surface area (Å²) in [6.45, 7) is 0. The highest BCUT2D eigenvalue weighted by atomic mass is 32.2. The number of ketones is 2. The molecule has 0 atom stereocenters. The number of carbonyl (C=O) groups excluding carboxylic acids is 2. The Morgan fingerprint density at radius 1 is 0.960 bits per heavy atom. The standard InChI is InChI=1S/C14H7N3O7S/c15-17-16-9-7-8(12(20)14(13(9)21)25(22,23)24)11(19)6-4-2-1-3-5(6)10(7)18/h1-4,20-21H,(H,22,23,24). The lowest BCUT2D eigenvalue weighted by Crippen LogP contribution is -2.22. The summed E-state index contributed by atoms with van der Waals surface area (Å²) < 4.78 is 32.1. The van der Waals surface area contributed by atoms with E-state index in [1.165, 1.54) is 24.3 Å². The lowest BCUT2D eigenvalue weighted by molar-refractivity contribution is 0.0976. The number of hydrogen-bond acceptors (Lipinski definition) is 7. The van der Waals surface area contributed by atoms with E-state index in [-0.39, 0.29) is 11.1 Å². The number of phenolic OH excluding ortho intramolecular Hbond substituents is 2. The van der Waals surface area contributed by atoms with E-state index in [0.717, 1.165) is 0 Å². The molecular formula is C14H7N3O7S. The summed E-state index contributed by atoms with van der Waals surface area (Å²) in [6.07, 6.45) is 0. The molecule has 0 unspecified atom stereocenters. The van der Waals surface area contributed by atoms with Crippen LogP contribution in [0.25, 0.3) is 10.4 Å². The maximum Gasteiger partial charge on any atom is 0.301 e. The Bertz CT molecular complexity index is 1130. The number of benzene rings is 2. The van der Waals surface area contributed by atoms with Crippen molar-refractivity contribution in [2.75, 3.05) is 0 Å². The van der Waals surface area contributed by atoms with Crippen molar-refractivity contribution in [3.8, 4) is 11.5 Å². The molecule has 10 nitrogen and oxygen atoms in total. The van der Waals surface area contributed by atoms with Crippen molar-refractivity contribution < 1.29 is 32.8 Å². The molecule has 25 heavy (non-hydrogen) atoms. The van der Waals surface area contributed by atoms with E-state index in [9.17, 15) is 32.8 Å². The van der Waals surface area contributed by atoms with Gasteiger partial charge in [0.15, 0.2) is 28.0 Å². The fourth-order valence-electron chi connectivity index (χ4n) is 2.67. The fraction of sp³-hybridized carbons (Fsp3) is 0. The van der Waals surface area contributed by atoms with Crippen LogP contribution < -0.4 is 0 Å². The van der Waals surface area contributed by atoms with Crippen molar-refractivity contribution in [1.82, 2.24) is 0 Å². The SMILES string of the molecule is [N-]=[N+]=Nc1c(O)c(S(=O)(=O)O)c(O)c2c1C(=O)c1ccccc1C2=O. The minimum atomic E-state index is -5.20. The van der Waals surface area contributed by atoms with Gasteiger partial charge in [-0.2, -0.15) is 8.42 Å². The van der Waals surface area contributed by atoms with Crippen LogP contribution >= 0.6 is 0 Å². The molecule has 0 saturated heterocycles. The van der Waals surface area contributed by atoms with Gasteiger partial charge in [-0.3, -0.25) is 14.1 Å². The van der Waals surface area contributed by atoms with Gasteiger partial charge in [-0.15, -0.1) is 0 Å². The number of hydrogen-bond donors (Lipinski definition) is 3. The topological polar surface area (TPSA) is 178 Å². The molecule has 2 aromatic rings. The molecule has 0 aliphatic heterocycles. The third-order valence-corrected chi connectivity index (χ3v) is 4.55. The predicted molar refractivity (Wildman–Crippen MR) is 81.7 cm³/mol. The van der Waals surface area contributed by atoms with Crippen LogP contribution in [0.4, 0.5) is 5.69 Å². The van der Waals surface area contributed by atoms with Crippen LogP contribution in [0, 0.1) is 0 Å². The average molecular weight is 361 g/mol. The second-order valence-electron chi connectivity index (χ2n) is 4.99. The molecule has 0 aromatic heterocycles. The molecule has 1 aliphatic rings. The van der Waals surface area contributed by atoms with E-state index < -0.39 is 54.9 Å². The average Bonchev–Trinajstić information content (AvgIpc) is 2.54. The first kappa shape index (κ1) is 16.5. The zero-order chi connectivity index (χ0) is 18.5. The van der Waals surface area contributed by atoms with Crippen molar-refractivity contribution in [3.05, 3.63) is 57.0 Å². The van der Waals surface area contributed by atoms with Crippen molar-refractivity contribution in [2.45, 2.75) is 4.90 Å². The highest BCUT2D eigenvalue weighted by Crippen LogP contribution is 2.48. The molecule has 2 aromatic carbocycles. The quantitative estimate of drug-likeness (QED) is 0.270. The minimum Gasteiger partial charge on any atom is -0.506 e. The highest BCUT2D eigenvalue weighted by molar-refractivity contribution is 7.86. The molecule has 0 spiro atoms. The van der Waals surface area contributed by atoms with Crippen LogP contribution in [0.2, 0.25) is 0 Å². The molecule has 0 fully saturated rings. The normalized spacial score (nSPS) is 13.0. The Labute approximate surface area is 139 Å². The first-order valence-corrected chi connectivity index (χ1v) is 7.97. The van der Waals surface area contributed by atoms with Gasteiger partial charge in [0.25, 0.3) is 0 Å². The maximum atomic E-state index is 12.6. The fourth-order valence-corrected chi connectivity index (χ4v) is 3.35. The molecule has 3 rings (SSSR count). The van der Waals surface area contributed by atoms with E-state index in [4.69, 9.17) is 5.53 Å². The summed E-state index contributed by atoms with van der Waals surface area (Å²) in [5, 5.41) is 23.2. The first-order valence-electron chi connectivity index (χ1n) is 6.53. The molecule has 3 N–H and O–H groups in total. The van der Waals surface area contributed by atoms with Crippen molar-refractivity contribution >= 4 is 27.4 Å². The molecule has 0 bridgehead atoms. The zero-order valence-corrected chi connectivity index (χ0v) is 12.9. The summed E-state index contributed by atoms with van der Waals surface area (Å²) in [5.41, 5.74) is 6.13. The van der Waals surface area contributed by atoms with E-state index >= 15 is 0 Å². The van der Waals surface area contributed by atoms with Crippen LogP contribution in [-0.4, -0.2) is 34.8 Å². The molecule has 0 saturated carbocycles. The molecule has 0 amide bonds. The van der Waals surface area contributed by atoms with Crippen LogP contribution in [0.3, 0.4) is 0 Å². The van der Waals surface area contributed by atoms with Gasteiger partial charge in [0.1, 0.15) is 0 Å². The van der Waals surface area contributed by atoms with Crippen molar-refractivity contribution in [3.63, 3.8) is 0 Å². The summed E-state index contributed by atoms with van der Waals surface area (Å²) in [7, 11) is -5.20. The Kier molecular flexibility index (Phi) is 3.50. The smallest absolute Gasteiger partial charge is 0.301 e. The summed E-state index contributed by atoms with van der Waals surface area (Å²) in [5.74, 6) is -4.43. The second-order valence-corrected chi connectivity index (χ2v) is 6.35. The number of nitrogens with zero attached hydrogens (tertiary/aromatic N) is 3. The zero-order valence-electron chi connectivity index (χ0n) is 12.0. The molecular weight excluding hydrogens is 354 g/mol. The lowest BCUT2D eigenvalue weighted by atomic mass is 9.82. The van der Waals surface area contributed by atoms with Crippen LogP contribution in [-0.2, 0) is 10.1 Å². The number of azide groups is 1. The largest absolute Gasteiger partial charge is 0.506 e. The molecule has 126 valence electrons. The van der Waals surface area contributed by atoms with Crippen LogP contribution in [0.5, 0.6) is 11.5 Å². The number of aromatic hydroxyl groups is 2. The second kappa shape index (κ2) is 5.31. The van der Waals surface area contributed by atoms with E-state index in [1.807, 2.05) is 0 Å². The van der Waals surface area contributed by atoms with Gasteiger partial charge in [0.05, 0.1) is 16.8 Å². The van der Waals surface area contributed by atoms with E-state index in [0.29, 0.717) is 0 Å². The molecule has 0 heterocycles. The van der Waals surface area contributed by atoms with Gasteiger partial charge in [0.2, 0.25) is 0 Å². The van der Waals surface area contributed by atoms with Gasteiger partial charge < -0.3 is 10.2 Å². The third-order valence-electron chi connectivity index (χ3n) is 3.65. The van der Waals surface area contributed by atoms with Gasteiger partial charge in [0, 0.05) is 16.0 Å². The van der Waals surface area contributed by atoms with E-state index in [1.54, 1.807) is 0 Å². The lowest BCUT2D eigenvalue weighted by Gasteiger charge is -2.21. The summed E-state index contributed by atoms with van der Waals surface area (Å²) >= 11 is 0. The Balaban J connectivity index is 2.57. The van der Waals surface area contributed by atoms with Crippen LogP contribution in [0.15, 0.2) is 34.3 Å². The highest BCUT2D eigenvalue weighted by Gasteiger charge is 2.39. The van der Waals surface area contributed by atoms with Crippen LogP contribution in [0.1, 0.15) is 31.8 Å². The summed E-state index contributed by atoms with van der Waals surface area (Å²) in [4.78, 5) is 26.2. The van der Waals surface area contributed by atoms with Crippen molar-refractivity contribution in [1.29, 1.82) is 0 Å².